The normalized spacial score (nSPS) is 17.8. The van der Waals surface area contributed by atoms with Crippen molar-refractivity contribution in [2.24, 2.45) is 0 Å². The Morgan fingerprint density at radius 3 is 0.571 bits per heavy atom. The van der Waals surface area contributed by atoms with Crippen LogP contribution < -0.4 is 0 Å². The predicted octanol–water partition coefficient (Wildman–Crippen LogP) is 11.9. The summed E-state index contributed by atoms with van der Waals surface area (Å²) in [6.07, 6.45) is -8.30. The van der Waals surface area contributed by atoms with E-state index in [4.69, 9.17) is 33.2 Å². The molecule has 0 aromatic carbocycles. The van der Waals surface area contributed by atoms with Gasteiger partial charge in [0.25, 0.3) is 0 Å². The standard InChI is InChI=1S/C16H4Cl3F29Si/c1-2(49(17,18)19)3(20,21)4(22,23)5(24,25)6(26,27)7(28,29)8(30,31)9(32,33)10(34,35)11(36,37)12(38,39)13(40,41)14(42,43)15(44,45)16(46,47)48/h2H,1H3. The van der Waals surface area contributed by atoms with Crippen LogP contribution in [0.25, 0.3) is 0 Å². The first-order chi connectivity index (χ1) is 20.4. The van der Waals surface area contributed by atoms with Crippen LogP contribution in [-0.2, 0) is 0 Å². The van der Waals surface area contributed by atoms with E-state index in [2.05, 4.69) is 0 Å². The highest BCUT2D eigenvalue weighted by Gasteiger charge is 3.01. The number of rotatable bonds is 14. The minimum Gasteiger partial charge on any atom is -0.200 e. The van der Waals surface area contributed by atoms with Gasteiger partial charge in [-0.3, -0.25) is 0 Å². The van der Waals surface area contributed by atoms with Gasteiger partial charge in [-0.25, -0.2) is 0 Å². The lowest BCUT2D eigenvalue weighted by atomic mass is 9.83. The van der Waals surface area contributed by atoms with E-state index in [1.54, 1.807) is 0 Å². The summed E-state index contributed by atoms with van der Waals surface area (Å²) in [7, 11) is 0. The van der Waals surface area contributed by atoms with Gasteiger partial charge >= 0.3 is 89.2 Å². The smallest absolute Gasteiger partial charge is 0.200 e. The molecule has 0 aromatic heterocycles. The summed E-state index contributed by atoms with van der Waals surface area (Å²) in [5.74, 6) is -121. The Hall–Kier alpha value is -0.943. The van der Waals surface area contributed by atoms with Crippen molar-refractivity contribution in [3.63, 3.8) is 0 Å². The monoisotopic (exact) mass is 880 g/mol. The molecule has 49 heavy (non-hydrogen) atoms. The number of hydrogen-bond acceptors (Lipinski definition) is 0. The molecule has 0 nitrogen and oxygen atoms in total. The summed E-state index contributed by atoms with van der Waals surface area (Å²) in [6, 6.07) is -5.70. The SMILES string of the molecule is CC(C(F)(F)C(F)(F)C(F)(F)C(F)(F)C(F)(F)C(F)(F)C(F)(F)C(F)(F)C(F)(F)C(F)(F)C(F)(F)C(F)(F)C(F)(F)C(F)(F)F)[Si](Cl)(Cl)Cl. The fraction of sp³-hybridized carbons (Fsp3) is 1.00. The van der Waals surface area contributed by atoms with E-state index >= 15 is 0 Å². The second-order valence-corrected chi connectivity index (χ2v) is 18.3. The minimum absolute atomic E-state index is 0.574. The second kappa shape index (κ2) is 11.8. The summed E-state index contributed by atoms with van der Waals surface area (Å²) in [5.41, 5.74) is -4.04. The third kappa shape index (κ3) is 5.83. The lowest BCUT2D eigenvalue weighted by Gasteiger charge is -2.46. The van der Waals surface area contributed by atoms with E-state index in [9.17, 15) is 127 Å². The van der Waals surface area contributed by atoms with Crippen molar-refractivity contribution in [3.05, 3.63) is 0 Å². The van der Waals surface area contributed by atoms with Crippen molar-refractivity contribution >= 4 is 39.2 Å². The molecule has 0 amide bonds. The quantitative estimate of drug-likeness (QED) is 0.0926. The maximum absolute atomic E-state index is 14.0. The first-order valence-electron chi connectivity index (χ1n) is 10.5. The van der Waals surface area contributed by atoms with Crippen molar-refractivity contribution in [1.82, 2.24) is 0 Å². The molecule has 0 aliphatic heterocycles. The zero-order valence-corrected chi connectivity index (χ0v) is 24.4. The van der Waals surface area contributed by atoms with E-state index < -0.39 is 102 Å². The lowest BCUT2D eigenvalue weighted by molar-refractivity contribution is -0.487. The Balaban J connectivity index is 7.62. The van der Waals surface area contributed by atoms with Gasteiger partial charge in [0, 0.05) is 0 Å². The van der Waals surface area contributed by atoms with Gasteiger partial charge in [0.1, 0.15) is 0 Å². The summed E-state index contributed by atoms with van der Waals surface area (Å²) in [6.45, 7) is -0.574. The molecule has 1 atom stereocenters. The zero-order chi connectivity index (χ0) is 41.1. The van der Waals surface area contributed by atoms with Crippen LogP contribution in [0.2, 0.25) is 5.54 Å². The first kappa shape index (κ1) is 48.1. The molecule has 0 saturated carbocycles. The molecule has 0 rings (SSSR count). The van der Waals surface area contributed by atoms with Gasteiger partial charge in [0.2, 0.25) is 0 Å². The van der Waals surface area contributed by atoms with Crippen LogP contribution in [0.15, 0.2) is 0 Å². The van der Waals surface area contributed by atoms with E-state index in [1.165, 1.54) is 0 Å². The zero-order valence-electron chi connectivity index (χ0n) is 21.2. The molecule has 296 valence electrons. The molecule has 0 aliphatic carbocycles. The molecule has 0 heterocycles. The Morgan fingerprint density at radius 1 is 0.286 bits per heavy atom. The summed E-state index contributed by atoms with van der Waals surface area (Å²) < 4.78 is 391. The topological polar surface area (TPSA) is 0 Å². The molecule has 33 heteroatoms. The van der Waals surface area contributed by atoms with Gasteiger partial charge in [0.05, 0.1) is 5.54 Å². The summed E-state index contributed by atoms with van der Waals surface area (Å²) in [5, 5.41) is 0. The molecule has 0 radical (unpaired) electrons. The highest BCUT2D eigenvalue weighted by molar-refractivity contribution is 7.65. The average molecular weight is 882 g/mol. The van der Waals surface area contributed by atoms with Crippen molar-refractivity contribution < 1.29 is 127 Å². The maximum atomic E-state index is 14.0. The molecule has 0 spiro atoms. The molecule has 0 N–H and O–H groups in total. The Kier molecular flexibility index (Phi) is 11.6. The molecule has 0 aromatic rings. The van der Waals surface area contributed by atoms with Gasteiger partial charge in [-0.2, -0.15) is 127 Å². The fourth-order valence-corrected chi connectivity index (χ4v) is 4.66. The predicted molar refractivity (Wildman–Crippen MR) is 103 cm³/mol. The largest absolute Gasteiger partial charge is 0.460 e. The Morgan fingerprint density at radius 2 is 0.429 bits per heavy atom. The molecule has 1 unspecified atom stereocenters. The van der Waals surface area contributed by atoms with E-state index in [-0.39, 0.29) is 0 Å². The van der Waals surface area contributed by atoms with Crippen molar-refractivity contribution in [3.8, 4) is 0 Å². The van der Waals surface area contributed by atoms with Crippen LogP contribution in [0.5, 0.6) is 0 Å². The minimum atomic E-state index is -9.96. The fourth-order valence-electron chi connectivity index (χ4n) is 2.84. The number of hydrogen-bond donors (Lipinski definition) is 0. The third-order valence-electron chi connectivity index (χ3n) is 6.15. The highest BCUT2D eigenvalue weighted by Crippen LogP contribution is 2.69. The van der Waals surface area contributed by atoms with Crippen molar-refractivity contribution in [2.45, 2.75) is 95.6 Å². The highest BCUT2D eigenvalue weighted by atomic mass is 35.8. The molecule has 0 saturated heterocycles. The summed E-state index contributed by atoms with van der Waals surface area (Å²) in [4.78, 5) is 0. The molecule has 0 aliphatic rings. The average Bonchev–Trinajstić information content (AvgIpc) is 2.85. The van der Waals surface area contributed by atoms with Gasteiger partial charge in [-0.15, -0.1) is 33.2 Å². The first-order valence-corrected chi connectivity index (χ1v) is 15.6. The van der Waals surface area contributed by atoms with E-state index in [1.807, 2.05) is 0 Å². The number of halogens is 32. The van der Waals surface area contributed by atoms with Crippen molar-refractivity contribution in [1.29, 1.82) is 0 Å². The molecule has 0 fully saturated rings. The van der Waals surface area contributed by atoms with E-state index in [0.29, 0.717) is 0 Å². The van der Waals surface area contributed by atoms with Gasteiger partial charge in [-0.05, 0) is 0 Å². The van der Waals surface area contributed by atoms with Crippen LogP contribution in [-0.4, -0.2) is 89.2 Å². The van der Waals surface area contributed by atoms with Gasteiger partial charge < -0.3 is 0 Å². The maximum Gasteiger partial charge on any atom is 0.460 e. The van der Waals surface area contributed by atoms with Crippen LogP contribution in [0.1, 0.15) is 6.92 Å². The molecular formula is C16H4Cl3F29Si. The molecular weight excluding hydrogens is 878 g/mol. The second-order valence-electron chi connectivity index (χ2n) is 9.28. The van der Waals surface area contributed by atoms with Crippen LogP contribution in [0.3, 0.4) is 0 Å². The van der Waals surface area contributed by atoms with Crippen LogP contribution in [0, 0.1) is 0 Å². The summed E-state index contributed by atoms with van der Waals surface area (Å²) >= 11 is 14.2. The van der Waals surface area contributed by atoms with Gasteiger partial charge in [0.15, 0.2) is 0 Å². The number of alkyl halides is 29. The van der Waals surface area contributed by atoms with Crippen molar-refractivity contribution in [2.75, 3.05) is 0 Å². The Labute approximate surface area is 262 Å². The van der Waals surface area contributed by atoms with Gasteiger partial charge in [-0.1, -0.05) is 6.92 Å². The van der Waals surface area contributed by atoms with Crippen LogP contribution in [0.4, 0.5) is 127 Å². The Bertz CT molecular complexity index is 1210. The third-order valence-corrected chi connectivity index (χ3v) is 10.4. The lowest BCUT2D eigenvalue weighted by Crippen LogP contribution is -2.79. The van der Waals surface area contributed by atoms with Crippen LogP contribution >= 0.6 is 33.2 Å². The molecule has 0 bridgehead atoms. The van der Waals surface area contributed by atoms with E-state index in [0.717, 1.165) is 0 Å².